The van der Waals surface area contributed by atoms with Crippen LogP contribution in [0, 0.1) is 0 Å². The molecule has 5 nitrogen and oxygen atoms in total. The Bertz CT molecular complexity index is 616. The van der Waals surface area contributed by atoms with E-state index in [4.69, 9.17) is 16.3 Å². The third-order valence-electron chi connectivity index (χ3n) is 2.58. The van der Waals surface area contributed by atoms with Gasteiger partial charge in [-0.2, -0.15) is 0 Å². The van der Waals surface area contributed by atoms with Crippen LogP contribution >= 0.6 is 11.6 Å². The first-order valence-corrected chi connectivity index (χ1v) is 6.66. The van der Waals surface area contributed by atoms with E-state index in [-0.39, 0.29) is 34.3 Å². The van der Waals surface area contributed by atoms with Crippen molar-refractivity contribution in [3.05, 3.63) is 40.1 Å². The van der Waals surface area contributed by atoms with Crippen molar-refractivity contribution < 1.29 is 19.4 Å². The largest absolute Gasteiger partial charge is 0.512 e. The Kier molecular flexibility index (Phi) is 6.11. The molecule has 0 unspecified atom stereocenters. The maximum atomic E-state index is 11.7. The topological polar surface area (TPSA) is 76.0 Å². The van der Waals surface area contributed by atoms with Crippen LogP contribution in [-0.2, 0) is 9.53 Å². The molecule has 21 heavy (non-hydrogen) atoms. The maximum Gasteiger partial charge on any atom is 0.339 e. The summed E-state index contributed by atoms with van der Waals surface area (Å²) in [6.07, 6.45) is 1.22. The lowest BCUT2D eigenvalue weighted by Gasteiger charge is -2.06. The maximum absolute atomic E-state index is 11.7. The van der Waals surface area contributed by atoms with E-state index in [1.807, 2.05) is 0 Å². The van der Waals surface area contributed by atoms with E-state index in [0.717, 1.165) is 0 Å². The summed E-state index contributed by atoms with van der Waals surface area (Å²) in [6, 6.07) is 4.72. The lowest BCUT2D eigenvalue weighted by Crippen LogP contribution is -2.05. The number of halogens is 1. The molecule has 6 heteroatoms. The lowest BCUT2D eigenvalue weighted by molar-refractivity contribution is -0.113. The Balaban J connectivity index is 3.16. The van der Waals surface area contributed by atoms with Crippen molar-refractivity contribution in [2.45, 2.75) is 20.8 Å². The second-order valence-electron chi connectivity index (χ2n) is 4.17. The molecule has 0 atom stereocenters. The van der Waals surface area contributed by atoms with E-state index in [9.17, 15) is 14.7 Å². The fourth-order valence-corrected chi connectivity index (χ4v) is 1.81. The molecule has 0 saturated carbocycles. The number of carbonyl (C=O) groups is 2. The van der Waals surface area contributed by atoms with Crippen LogP contribution in [-0.4, -0.2) is 29.7 Å². The number of rotatable bonds is 5. The van der Waals surface area contributed by atoms with E-state index < -0.39 is 5.97 Å². The van der Waals surface area contributed by atoms with E-state index >= 15 is 0 Å². The molecule has 0 aliphatic heterocycles. The summed E-state index contributed by atoms with van der Waals surface area (Å²) in [5.41, 5.74) is 0.581. The summed E-state index contributed by atoms with van der Waals surface area (Å²) in [7, 11) is 0. The number of hydrogen-bond acceptors (Lipinski definition) is 5. The summed E-state index contributed by atoms with van der Waals surface area (Å²) < 4.78 is 4.89. The van der Waals surface area contributed by atoms with Gasteiger partial charge in [0.05, 0.1) is 28.5 Å². The Morgan fingerprint density at radius 1 is 1.38 bits per heavy atom. The van der Waals surface area contributed by atoms with Crippen molar-refractivity contribution in [1.29, 1.82) is 0 Å². The van der Waals surface area contributed by atoms with Gasteiger partial charge in [0, 0.05) is 6.21 Å². The lowest BCUT2D eigenvalue weighted by atomic mass is 10.1. The standard InChI is InChI=1S/C15H16ClNO4/c1-4-21-15(20)11-6-5-7-13(14(11)16)17-8-12(9(2)18)10(3)19/h5-8,18H,4H2,1-3H3. The van der Waals surface area contributed by atoms with E-state index in [1.165, 1.54) is 26.1 Å². The van der Waals surface area contributed by atoms with Crippen molar-refractivity contribution in [2.75, 3.05) is 6.61 Å². The van der Waals surface area contributed by atoms with Gasteiger partial charge in [0.15, 0.2) is 5.78 Å². The minimum atomic E-state index is -0.541. The van der Waals surface area contributed by atoms with E-state index in [1.54, 1.807) is 19.1 Å². The van der Waals surface area contributed by atoms with Gasteiger partial charge in [0.1, 0.15) is 5.76 Å². The molecule has 0 fully saturated rings. The quantitative estimate of drug-likeness (QED) is 0.390. The number of carbonyl (C=O) groups excluding carboxylic acids is 2. The summed E-state index contributed by atoms with van der Waals surface area (Å²) in [5.74, 6) is -0.999. The average molecular weight is 310 g/mol. The summed E-state index contributed by atoms with van der Waals surface area (Å²) in [4.78, 5) is 27.1. The van der Waals surface area contributed by atoms with Crippen molar-refractivity contribution in [2.24, 2.45) is 4.99 Å². The van der Waals surface area contributed by atoms with Gasteiger partial charge in [-0.3, -0.25) is 9.79 Å². The fourth-order valence-electron chi connectivity index (χ4n) is 1.56. The van der Waals surface area contributed by atoms with Crippen molar-refractivity contribution in [3.63, 3.8) is 0 Å². The number of ketones is 1. The number of aliphatic imine (C=N–C) groups is 1. The van der Waals surface area contributed by atoms with Crippen LogP contribution in [0.1, 0.15) is 31.1 Å². The summed E-state index contributed by atoms with van der Waals surface area (Å²) in [6.45, 7) is 4.64. The number of benzene rings is 1. The highest BCUT2D eigenvalue weighted by Gasteiger charge is 2.14. The van der Waals surface area contributed by atoms with Gasteiger partial charge < -0.3 is 9.84 Å². The fraction of sp³-hybridized carbons (Fsp3) is 0.267. The summed E-state index contributed by atoms with van der Waals surface area (Å²) in [5, 5.41) is 9.53. The molecule has 1 N–H and O–H groups in total. The van der Waals surface area contributed by atoms with Crippen LogP contribution in [0.5, 0.6) is 0 Å². The zero-order valence-corrected chi connectivity index (χ0v) is 12.8. The number of aliphatic hydroxyl groups excluding tert-OH is 1. The van der Waals surface area contributed by atoms with Gasteiger partial charge >= 0.3 is 5.97 Å². The number of hydrogen-bond donors (Lipinski definition) is 1. The molecule has 0 spiro atoms. The highest BCUT2D eigenvalue weighted by Crippen LogP contribution is 2.29. The SMILES string of the molecule is CCOC(=O)c1cccc(N=CC(C(C)=O)=C(C)O)c1Cl. The Hall–Kier alpha value is -2.14. The highest BCUT2D eigenvalue weighted by molar-refractivity contribution is 6.36. The molecule has 0 saturated heterocycles. The molecule has 0 aliphatic carbocycles. The third-order valence-corrected chi connectivity index (χ3v) is 2.97. The number of aliphatic hydroxyl groups is 1. The summed E-state index contributed by atoms with van der Waals surface area (Å²) >= 11 is 6.10. The molecule has 1 aromatic carbocycles. The van der Waals surface area contributed by atoms with Crippen LogP contribution < -0.4 is 0 Å². The number of allylic oxidation sites excluding steroid dienone is 2. The molecule has 1 aromatic rings. The average Bonchev–Trinajstić information content (AvgIpc) is 2.40. The number of ether oxygens (including phenoxy) is 1. The second kappa shape index (κ2) is 7.59. The molecule has 0 amide bonds. The van der Waals surface area contributed by atoms with E-state index in [0.29, 0.717) is 5.69 Å². The van der Waals surface area contributed by atoms with Gasteiger partial charge in [-0.15, -0.1) is 0 Å². The molecular weight excluding hydrogens is 294 g/mol. The first-order chi connectivity index (χ1) is 9.88. The minimum absolute atomic E-state index is 0.0765. The highest BCUT2D eigenvalue weighted by atomic mass is 35.5. The predicted molar refractivity (Wildman–Crippen MR) is 81.6 cm³/mol. The zero-order chi connectivity index (χ0) is 16.0. The van der Waals surface area contributed by atoms with Crippen molar-refractivity contribution in [1.82, 2.24) is 0 Å². The Morgan fingerprint density at radius 3 is 2.57 bits per heavy atom. The normalized spacial score (nSPS) is 12.2. The van der Waals surface area contributed by atoms with Gasteiger partial charge in [-0.25, -0.2) is 4.79 Å². The van der Waals surface area contributed by atoms with Crippen LogP contribution in [0.15, 0.2) is 34.5 Å². The van der Waals surface area contributed by atoms with Gasteiger partial charge in [-0.05, 0) is 32.9 Å². The Labute approximate surface area is 127 Å². The smallest absolute Gasteiger partial charge is 0.339 e. The number of Topliss-reactive ketones (excluding diaryl/α,β-unsaturated/α-hetero) is 1. The van der Waals surface area contributed by atoms with Crippen LogP contribution in [0.25, 0.3) is 0 Å². The first kappa shape index (κ1) is 16.9. The van der Waals surface area contributed by atoms with Crippen LogP contribution in [0.2, 0.25) is 5.02 Å². The first-order valence-electron chi connectivity index (χ1n) is 6.29. The third kappa shape index (κ3) is 4.43. The molecule has 0 aliphatic rings. The van der Waals surface area contributed by atoms with E-state index in [2.05, 4.69) is 4.99 Å². The molecule has 0 aromatic heterocycles. The molecule has 112 valence electrons. The van der Waals surface area contributed by atoms with Crippen LogP contribution in [0.3, 0.4) is 0 Å². The molecule has 0 heterocycles. The zero-order valence-electron chi connectivity index (χ0n) is 12.0. The molecule has 1 rings (SSSR count). The monoisotopic (exact) mass is 309 g/mol. The van der Waals surface area contributed by atoms with Gasteiger partial charge in [0.2, 0.25) is 0 Å². The van der Waals surface area contributed by atoms with Crippen molar-refractivity contribution >= 4 is 35.3 Å². The predicted octanol–water partition coefficient (Wildman–Crippen LogP) is 3.64. The number of esters is 1. The minimum Gasteiger partial charge on any atom is -0.512 e. The van der Waals surface area contributed by atoms with Crippen LogP contribution in [0.4, 0.5) is 5.69 Å². The Morgan fingerprint density at radius 2 is 2.05 bits per heavy atom. The second-order valence-corrected chi connectivity index (χ2v) is 4.55. The van der Waals surface area contributed by atoms with Gasteiger partial charge in [-0.1, -0.05) is 17.7 Å². The van der Waals surface area contributed by atoms with Gasteiger partial charge in [0.25, 0.3) is 0 Å². The molecular formula is C15H16ClNO4. The number of nitrogens with zero attached hydrogens (tertiary/aromatic N) is 1. The molecule has 0 bridgehead atoms. The molecule has 0 radical (unpaired) electrons. The van der Waals surface area contributed by atoms with Crippen molar-refractivity contribution in [3.8, 4) is 0 Å².